The average molecular weight is 429 g/mol. The van der Waals surface area contributed by atoms with Crippen LogP contribution in [0.5, 0.6) is 0 Å². The van der Waals surface area contributed by atoms with Crippen LogP contribution < -0.4 is 9.96 Å². The molecule has 0 saturated carbocycles. The van der Waals surface area contributed by atoms with E-state index in [1.807, 2.05) is 61.5 Å². The van der Waals surface area contributed by atoms with E-state index >= 15 is 0 Å². The molecule has 0 bridgehead atoms. The van der Waals surface area contributed by atoms with Crippen molar-refractivity contribution in [1.82, 2.24) is 0 Å². The number of aryl methyl sites for hydroxylation is 1. The van der Waals surface area contributed by atoms with E-state index in [-0.39, 0.29) is 11.4 Å². The highest BCUT2D eigenvalue weighted by Crippen LogP contribution is 2.47. The molecular formula is C24H19N3O5. The quantitative estimate of drug-likeness (QED) is 0.354. The minimum atomic E-state index is -1.02. The maximum atomic E-state index is 13.5. The second-order valence-corrected chi connectivity index (χ2v) is 7.86. The minimum absolute atomic E-state index is 0.168. The lowest BCUT2D eigenvalue weighted by atomic mass is 9.90. The third-order valence-corrected chi connectivity index (χ3v) is 5.84. The Kier molecular flexibility index (Phi) is 4.71. The largest absolute Gasteiger partial charge is 0.273 e. The number of benzene rings is 3. The van der Waals surface area contributed by atoms with Crippen molar-refractivity contribution in [3.8, 4) is 0 Å². The van der Waals surface area contributed by atoms with E-state index in [9.17, 15) is 19.7 Å². The van der Waals surface area contributed by atoms with Gasteiger partial charge in [0.2, 0.25) is 5.91 Å². The van der Waals surface area contributed by atoms with Gasteiger partial charge in [-0.1, -0.05) is 54.1 Å². The van der Waals surface area contributed by atoms with Crippen LogP contribution in [0.15, 0.2) is 78.9 Å². The predicted octanol–water partition coefficient (Wildman–Crippen LogP) is 3.95. The van der Waals surface area contributed by atoms with Gasteiger partial charge in [0.1, 0.15) is 5.92 Å². The first-order chi connectivity index (χ1) is 15.5. The van der Waals surface area contributed by atoms with Crippen LogP contribution >= 0.6 is 0 Å². The highest BCUT2D eigenvalue weighted by Gasteiger charge is 2.60. The molecule has 8 heteroatoms. The lowest BCUT2D eigenvalue weighted by Gasteiger charge is -2.28. The van der Waals surface area contributed by atoms with Gasteiger partial charge < -0.3 is 0 Å². The zero-order valence-corrected chi connectivity index (χ0v) is 17.1. The summed E-state index contributed by atoms with van der Waals surface area (Å²) in [4.78, 5) is 44.5. The first kappa shape index (κ1) is 19.9. The van der Waals surface area contributed by atoms with Crippen molar-refractivity contribution in [2.24, 2.45) is 5.92 Å². The Bertz CT molecular complexity index is 1210. The smallest absolute Gasteiger partial charge is 0.271 e. The molecule has 3 atom stereocenters. The molecule has 0 aromatic heterocycles. The van der Waals surface area contributed by atoms with Gasteiger partial charge in [0.25, 0.3) is 11.6 Å². The summed E-state index contributed by atoms with van der Waals surface area (Å²) in [6, 6.07) is 22.1. The lowest BCUT2D eigenvalue weighted by Crippen LogP contribution is -2.37. The van der Waals surface area contributed by atoms with E-state index in [1.165, 1.54) is 24.3 Å². The van der Waals surface area contributed by atoms with Crippen LogP contribution in [0.1, 0.15) is 17.2 Å². The van der Waals surface area contributed by atoms with Gasteiger partial charge in [0.05, 0.1) is 22.3 Å². The number of hydrogen-bond donors (Lipinski definition) is 0. The maximum absolute atomic E-state index is 13.5. The van der Waals surface area contributed by atoms with Crippen LogP contribution in [0.25, 0.3) is 0 Å². The average Bonchev–Trinajstić information content (AvgIpc) is 3.31. The minimum Gasteiger partial charge on any atom is -0.273 e. The van der Waals surface area contributed by atoms with Crippen LogP contribution in [-0.4, -0.2) is 22.8 Å². The number of fused-ring (bicyclic) bond motifs is 1. The van der Waals surface area contributed by atoms with Crippen molar-refractivity contribution in [3.63, 3.8) is 0 Å². The molecule has 2 heterocycles. The van der Waals surface area contributed by atoms with Gasteiger partial charge in [-0.05, 0) is 30.7 Å². The highest BCUT2D eigenvalue weighted by atomic mass is 16.7. The molecule has 3 aromatic rings. The van der Waals surface area contributed by atoms with Crippen molar-refractivity contribution in [1.29, 1.82) is 0 Å². The molecule has 0 N–H and O–H groups in total. The van der Waals surface area contributed by atoms with Gasteiger partial charge >= 0.3 is 0 Å². The number of non-ortho nitro benzene ring substituents is 1. The fourth-order valence-corrected chi connectivity index (χ4v) is 4.32. The van der Waals surface area contributed by atoms with Crippen molar-refractivity contribution < 1.29 is 19.3 Å². The lowest BCUT2D eigenvalue weighted by molar-refractivity contribution is -0.384. The summed E-state index contributed by atoms with van der Waals surface area (Å²) in [5.74, 6) is -1.76. The Hall–Kier alpha value is -4.04. The van der Waals surface area contributed by atoms with E-state index < -0.39 is 34.8 Å². The molecular weight excluding hydrogens is 410 g/mol. The van der Waals surface area contributed by atoms with Gasteiger partial charge in [-0.25, -0.2) is 9.96 Å². The fraction of sp³-hybridized carbons (Fsp3) is 0.167. The Morgan fingerprint density at radius 3 is 2.25 bits per heavy atom. The standard InChI is InChI=1S/C24H19N3O5/c1-15-10-12-16(13-11-15)21-20-22(32-26(21)17-6-3-2-4-7-17)24(29)25(23(20)28)18-8-5-9-19(14-18)27(30)31/h2-14,20-22H,1H3/t20-,21-,22+/m0/s1. The molecule has 2 saturated heterocycles. The molecule has 8 nitrogen and oxygen atoms in total. The van der Waals surface area contributed by atoms with E-state index in [1.54, 1.807) is 5.06 Å². The second kappa shape index (κ2) is 7.58. The number of amides is 2. The topological polar surface area (TPSA) is 93.0 Å². The maximum Gasteiger partial charge on any atom is 0.271 e. The van der Waals surface area contributed by atoms with Crippen LogP contribution in [0, 0.1) is 23.0 Å². The number of anilines is 2. The number of nitrogens with zero attached hydrogens (tertiary/aromatic N) is 3. The summed E-state index contributed by atoms with van der Waals surface area (Å²) < 4.78 is 0. The third kappa shape index (κ3) is 3.12. The molecule has 160 valence electrons. The number of para-hydroxylation sites is 1. The monoisotopic (exact) mass is 429 g/mol. The number of hydroxylamine groups is 1. The summed E-state index contributed by atoms with van der Waals surface area (Å²) in [6.45, 7) is 1.97. The molecule has 32 heavy (non-hydrogen) atoms. The molecule has 2 aliphatic rings. The molecule has 0 aliphatic carbocycles. The van der Waals surface area contributed by atoms with Crippen molar-refractivity contribution in [2.45, 2.75) is 19.1 Å². The van der Waals surface area contributed by atoms with E-state index in [4.69, 9.17) is 4.84 Å². The van der Waals surface area contributed by atoms with Crippen LogP contribution in [0.3, 0.4) is 0 Å². The first-order valence-electron chi connectivity index (χ1n) is 10.2. The van der Waals surface area contributed by atoms with Gasteiger partial charge in [-0.3, -0.25) is 24.5 Å². The Labute approximate surface area is 183 Å². The van der Waals surface area contributed by atoms with Gasteiger partial charge in [-0.15, -0.1) is 0 Å². The first-order valence-corrected chi connectivity index (χ1v) is 10.2. The molecule has 2 fully saturated rings. The highest BCUT2D eigenvalue weighted by molar-refractivity contribution is 6.24. The Morgan fingerprint density at radius 2 is 1.56 bits per heavy atom. The SMILES string of the molecule is Cc1ccc([C@H]2[C@@H]3C(=O)N(c4cccc([N+](=O)[O-])c4)C(=O)[C@@H]3ON2c2ccccc2)cc1. The van der Waals surface area contributed by atoms with Crippen molar-refractivity contribution in [3.05, 3.63) is 100 Å². The molecule has 2 amide bonds. The summed E-state index contributed by atoms with van der Waals surface area (Å²) in [6.07, 6.45) is -1.02. The summed E-state index contributed by atoms with van der Waals surface area (Å²) in [7, 11) is 0. The van der Waals surface area contributed by atoms with E-state index in [0.717, 1.165) is 21.7 Å². The van der Waals surface area contributed by atoms with E-state index in [2.05, 4.69) is 0 Å². The summed E-state index contributed by atoms with van der Waals surface area (Å²) >= 11 is 0. The van der Waals surface area contributed by atoms with Crippen LogP contribution in [0.2, 0.25) is 0 Å². The zero-order chi connectivity index (χ0) is 22.4. The molecule has 2 aliphatic heterocycles. The molecule has 0 spiro atoms. The van der Waals surface area contributed by atoms with Gasteiger partial charge in [-0.2, -0.15) is 0 Å². The number of nitro groups is 1. The van der Waals surface area contributed by atoms with Crippen LogP contribution in [-0.2, 0) is 14.4 Å². The second-order valence-electron chi connectivity index (χ2n) is 7.86. The molecule has 0 radical (unpaired) electrons. The number of carbonyl (C=O) groups excluding carboxylic acids is 2. The molecule has 5 rings (SSSR count). The van der Waals surface area contributed by atoms with Crippen LogP contribution in [0.4, 0.5) is 17.1 Å². The Morgan fingerprint density at radius 1 is 0.875 bits per heavy atom. The molecule has 3 aromatic carbocycles. The fourth-order valence-electron chi connectivity index (χ4n) is 4.32. The van der Waals surface area contributed by atoms with Gasteiger partial charge in [0.15, 0.2) is 6.10 Å². The Balaban J connectivity index is 1.57. The third-order valence-electron chi connectivity index (χ3n) is 5.84. The van der Waals surface area contributed by atoms with Gasteiger partial charge in [0, 0.05) is 12.1 Å². The summed E-state index contributed by atoms with van der Waals surface area (Å²) in [5, 5.41) is 12.8. The number of hydrogen-bond acceptors (Lipinski definition) is 6. The summed E-state index contributed by atoms with van der Waals surface area (Å²) in [5.41, 5.74) is 2.62. The number of carbonyl (C=O) groups is 2. The number of rotatable bonds is 4. The zero-order valence-electron chi connectivity index (χ0n) is 17.1. The number of nitro benzene ring substituents is 1. The van der Waals surface area contributed by atoms with E-state index in [0.29, 0.717) is 0 Å². The van der Waals surface area contributed by atoms with Crippen molar-refractivity contribution >= 4 is 28.9 Å². The normalized spacial score (nSPS) is 22.3. The number of imide groups is 1. The predicted molar refractivity (Wildman–Crippen MR) is 117 cm³/mol. The molecule has 0 unspecified atom stereocenters. The van der Waals surface area contributed by atoms with Crippen molar-refractivity contribution in [2.75, 3.05) is 9.96 Å².